The highest BCUT2D eigenvalue weighted by Crippen LogP contribution is 2.64. The molecule has 3 aromatic rings. The first kappa shape index (κ1) is 16.1. The number of halogens is 1. The van der Waals surface area contributed by atoms with Crippen molar-refractivity contribution in [1.82, 2.24) is 0 Å². The second kappa shape index (κ2) is 5.23. The monoisotopic (exact) mass is 404 g/mol. The highest BCUT2D eigenvalue weighted by Gasteiger charge is 2.55. The Morgan fingerprint density at radius 2 is 1.58 bits per heavy atom. The van der Waals surface area contributed by atoms with Gasteiger partial charge in [0.1, 0.15) is 5.75 Å². The molecule has 0 aliphatic heterocycles. The van der Waals surface area contributed by atoms with Gasteiger partial charge in [0.2, 0.25) is 0 Å². The summed E-state index contributed by atoms with van der Waals surface area (Å²) < 4.78 is 6.92. The molecule has 1 spiro atoms. The topological polar surface area (TPSA) is 9.23 Å². The van der Waals surface area contributed by atoms with Crippen molar-refractivity contribution in [3.05, 3.63) is 87.4 Å². The Morgan fingerprint density at radius 1 is 0.846 bits per heavy atom. The van der Waals surface area contributed by atoms with Crippen LogP contribution in [0.1, 0.15) is 42.5 Å². The van der Waals surface area contributed by atoms with Crippen LogP contribution in [-0.2, 0) is 10.8 Å². The Balaban J connectivity index is 1.94. The summed E-state index contributed by atoms with van der Waals surface area (Å²) in [7, 11) is 1.78. The van der Waals surface area contributed by atoms with E-state index in [4.69, 9.17) is 4.74 Å². The largest absolute Gasteiger partial charge is 0.496 e. The van der Waals surface area contributed by atoms with Crippen LogP contribution in [0.3, 0.4) is 0 Å². The lowest BCUT2D eigenvalue weighted by Gasteiger charge is -2.30. The van der Waals surface area contributed by atoms with E-state index in [0.717, 1.165) is 16.6 Å². The van der Waals surface area contributed by atoms with Crippen LogP contribution in [0, 0.1) is 0 Å². The Hall–Kier alpha value is -2.06. The van der Waals surface area contributed by atoms with E-state index in [9.17, 15) is 0 Å². The fourth-order valence-corrected chi connectivity index (χ4v) is 5.78. The van der Waals surface area contributed by atoms with Gasteiger partial charge in [-0.1, -0.05) is 72.2 Å². The Labute approximate surface area is 163 Å². The average Bonchev–Trinajstić information content (AvgIpc) is 3.05. The summed E-state index contributed by atoms with van der Waals surface area (Å²) in [5.74, 6) is 1.00. The van der Waals surface area contributed by atoms with E-state index in [1.54, 1.807) is 7.11 Å². The maximum Gasteiger partial charge on any atom is 0.122 e. The minimum atomic E-state index is -0.108. The molecule has 2 heteroatoms. The molecule has 0 saturated carbocycles. The molecule has 0 amide bonds. The van der Waals surface area contributed by atoms with E-state index in [-0.39, 0.29) is 10.8 Å². The lowest BCUT2D eigenvalue weighted by atomic mass is 9.71. The van der Waals surface area contributed by atoms with Crippen LogP contribution in [0.5, 0.6) is 5.75 Å². The first-order valence-electron chi connectivity index (χ1n) is 9.07. The van der Waals surface area contributed by atoms with E-state index in [0.29, 0.717) is 0 Å². The standard InChI is InChI=1S/C24H21BrO/c1-23(2)14-24(19-9-6-10-21(26-3)22(19)23)18-8-5-4-7-16(18)17-12-11-15(25)13-20(17)24/h4-13H,14H2,1-3H3. The van der Waals surface area contributed by atoms with Gasteiger partial charge in [-0.3, -0.25) is 0 Å². The molecule has 0 bridgehead atoms. The van der Waals surface area contributed by atoms with Crippen LogP contribution in [0.4, 0.5) is 0 Å². The Kier molecular flexibility index (Phi) is 3.25. The first-order chi connectivity index (χ1) is 12.5. The molecule has 130 valence electrons. The van der Waals surface area contributed by atoms with E-state index in [1.165, 1.54) is 33.4 Å². The van der Waals surface area contributed by atoms with Crippen molar-refractivity contribution >= 4 is 15.9 Å². The molecular formula is C24H21BrO. The first-order valence-corrected chi connectivity index (χ1v) is 9.86. The van der Waals surface area contributed by atoms with E-state index >= 15 is 0 Å². The Morgan fingerprint density at radius 3 is 2.38 bits per heavy atom. The van der Waals surface area contributed by atoms with Gasteiger partial charge in [-0.15, -0.1) is 0 Å². The minimum Gasteiger partial charge on any atom is -0.496 e. The fourth-order valence-electron chi connectivity index (χ4n) is 5.42. The van der Waals surface area contributed by atoms with Gasteiger partial charge in [-0.2, -0.15) is 0 Å². The zero-order valence-corrected chi connectivity index (χ0v) is 16.9. The summed E-state index contributed by atoms with van der Waals surface area (Å²) in [5.41, 5.74) is 8.23. The van der Waals surface area contributed by atoms with Crippen molar-refractivity contribution in [1.29, 1.82) is 0 Å². The van der Waals surface area contributed by atoms with Crippen LogP contribution in [-0.4, -0.2) is 7.11 Å². The third-order valence-corrected chi connectivity index (χ3v) is 6.70. The van der Waals surface area contributed by atoms with Crippen molar-refractivity contribution in [2.45, 2.75) is 31.1 Å². The molecule has 1 nitrogen and oxygen atoms in total. The lowest BCUT2D eigenvalue weighted by molar-refractivity contribution is 0.389. The van der Waals surface area contributed by atoms with Gasteiger partial charge in [-0.25, -0.2) is 0 Å². The van der Waals surface area contributed by atoms with Crippen molar-refractivity contribution in [3.63, 3.8) is 0 Å². The molecule has 0 fully saturated rings. The molecule has 0 aromatic heterocycles. The number of ether oxygens (including phenoxy) is 1. The molecule has 0 saturated heterocycles. The van der Waals surface area contributed by atoms with Crippen LogP contribution in [0.2, 0.25) is 0 Å². The maximum absolute atomic E-state index is 5.79. The van der Waals surface area contributed by atoms with Gasteiger partial charge in [0.15, 0.2) is 0 Å². The second-order valence-corrected chi connectivity index (χ2v) is 9.00. The SMILES string of the molecule is COc1cccc2c1C(C)(C)CC21c2ccccc2-c2ccc(Br)cc21. The van der Waals surface area contributed by atoms with Crippen LogP contribution < -0.4 is 4.74 Å². The van der Waals surface area contributed by atoms with Gasteiger partial charge in [0.25, 0.3) is 0 Å². The molecule has 5 rings (SSSR count). The van der Waals surface area contributed by atoms with Crippen molar-refractivity contribution in [2.75, 3.05) is 7.11 Å². The van der Waals surface area contributed by atoms with E-state index in [2.05, 4.69) is 90.4 Å². The number of hydrogen-bond acceptors (Lipinski definition) is 1. The van der Waals surface area contributed by atoms with E-state index in [1.807, 2.05) is 0 Å². The quantitative estimate of drug-likeness (QED) is 0.452. The zero-order valence-electron chi connectivity index (χ0n) is 15.3. The summed E-state index contributed by atoms with van der Waals surface area (Å²) in [6, 6.07) is 22.2. The molecule has 26 heavy (non-hydrogen) atoms. The number of benzene rings is 3. The molecule has 3 aromatic carbocycles. The van der Waals surface area contributed by atoms with Gasteiger partial charge < -0.3 is 4.74 Å². The minimum absolute atomic E-state index is 0.0407. The molecule has 0 N–H and O–H groups in total. The molecular weight excluding hydrogens is 384 g/mol. The van der Waals surface area contributed by atoms with Crippen LogP contribution in [0.25, 0.3) is 11.1 Å². The lowest BCUT2D eigenvalue weighted by Crippen LogP contribution is -2.26. The summed E-state index contributed by atoms with van der Waals surface area (Å²) >= 11 is 3.71. The highest BCUT2D eigenvalue weighted by atomic mass is 79.9. The van der Waals surface area contributed by atoms with Crippen molar-refractivity contribution in [2.24, 2.45) is 0 Å². The third-order valence-electron chi connectivity index (χ3n) is 6.21. The summed E-state index contributed by atoms with van der Waals surface area (Å²) in [6.07, 6.45) is 1.05. The predicted octanol–water partition coefficient (Wildman–Crippen LogP) is 6.45. The van der Waals surface area contributed by atoms with Gasteiger partial charge in [-0.05, 0) is 57.9 Å². The molecule has 2 aliphatic carbocycles. The molecule has 1 atom stereocenters. The maximum atomic E-state index is 5.79. The second-order valence-electron chi connectivity index (χ2n) is 8.08. The smallest absolute Gasteiger partial charge is 0.122 e. The van der Waals surface area contributed by atoms with Crippen molar-refractivity contribution < 1.29 is 4.74 Å². The zero-order chi connectivity index (χ0) is 18.1. The summed E-state index contributed by atoms with van der Waals surface area (Å²) in [5, 5.41) is 0. The molecule has 0 heterocycles. The van der Waals surface area contributed by atoms with Gasteiger partial charge in [0, 0.05) is 15.5 Å². The van der Waals surface area contributed by atoms with Gasteiger partial charge in [0.05, 0.1) is 7.11 Å². The number of fused-ring (bicyclic) bond motifs is 7. The summed E-state index contributed by atoms with van der Waals surface area (Å²) in [6.45, 7) is 4.70. The third kappa shape index (κ3) is 1.86. The predicted molar refractivity (Wildman–Crippen MR) is 110 cm³/mol. The van der Waals surface area contributed by atoms with Gasteiger partial charge >= 0.3 is 0 Å². The van der Waals surface area contributed by atoms with E-state index < -0.39 is 0 Å². The summed E-state index contributed by atoms with van der Waals surface area (Å²) in [4.78, 5) is 0. The van der Waals surface area contributed by atoms with Crippen LogP contribution in [0.15, 0.2) is 65.1 Å². The number of methoxy groups -OCH3 is 1. The molecule has 0 radical (unpaired) electrons. The normalized spacial score (nSPS) is 21.4. The Bertz CT molecular complexity index is 1050. The average molecular weight is 405 g/mol. The molecule has 1 unspecified atom stereocenters. The number of hydrogen-bond donors (Lipinski definition) is 0. The fraction of sp³-hybridized carbons (Fsp3) is 0.250. The van der Waals surface area contributed by atoms with Crippen molar-refractivity contribution in [3.8, 4) is 16.9 Å². The highest BCUT2D eigenvalue weighted by molar-refractivity contribution is 9.10. The number of rotatable bonds is 1. The van der Waals surface area contributed by atoms with Crippen LogP contribution >= 0.6 is 15.9 Å². The molecule has 2 aliphatic rings.